The van der Waals surface area contributed by atoms with Crippen LogP contribution in [0.4, 0.5) is 0 Å². The van der Waals surface area contributed by atoms with E-state index >= 15 is 0 Å². The summed E-state index contributed by atoms with van der Waals surface area (Å²) in [5, 5.41) is 0. The molecule has 0 atom stereocenters. The summed E-state index contributed by atoms with van der Waals surface area (Å²) in [4.78, 5) is 0. The Morgan fingerprint density at radius 3 is 2.67 bits per heavy atom. The Hall–Kier alpha value is -1.06. The van der Waals surface area contributed by atoms with E-state index in [-0.39, 0.29) is 0 Å². The van der Waals surface area contributed by atoms with Crippen LogP contribution in [0.5, 0.6) is 5.75 Å². The van der Waals surface area contributed by atoms with E-state index in [1.807, 2.05) is 18.2 Å². The SMILES string of the molecule is COC1(OC)CCc2ccccc2OC1. The van der Waals surface area contributed by atoms with Crippen LogP contribution in [0.2, 0.25) is 0 Å². The Morgan fingerprint density at radius 1 is 1.20 bits per heavy atom. The molecule has 15 heavy (non-hydrogen) atoms. The topological polar surface area (TPSA) is 27.7 Å². The Bertz CT molecular complexity index is 302. The van der Waals surface area contributed by atoms with Crippen molar-refractivity contribution in [3.63, 3.8) is 0 Å². The largest absolute Gasteiger partial charge is 0.488 e. The van der Waals surface area contributed by atoms with Crippen molar-refractivity contribution in [2.45, 2.75) is 18.6 Å². The van der Waals surface area contributed by atoms with E-state index in [0.717, 1.165) is 18.6 Å². The zero-order chi connectivity index (χ0) is 10.7. The molecule has 0 unspecified atom stereocenters. The van der Waals surface area contributed by atoms with E-state index in [0.29, 0.717) is 6.61 Å². The van der Waals surface area contributed by atoms with Gasteiger partial charge in [0.15, 0.2) is 0 Å². The van der Waals surface area contributed by atoms with Gasteiger partial charge in [0.2, 0.25) is 5.79 Å². The van der Waals surface area contributed by atoms with Crippen molar-refractivity contribution in [1.29, 1.82) is 0 Å². The van der Waals surface area contributed by atoms with Crippen molar-refractivity contribution in [1.82, 2.24) is 0 Å². The molecule has 0 bridgehead atoms. The van der Waals surface area contributed by atoms with Crippen molar-refractivity contribution >= 4 is 0 Å². The standard InChI is InChI=1S/C12H16O3/c1-13-12(14-2)8-7-10-5-3-4-6-11(10)15-9-12/h3-6H,7-9H2,1-2H3. The summed E-state index contributed by atoms with van der Waals surface area (Å²) in [6.07, 6.45) is 1.73. The molecule has 1 aliphatic heterocycles. The maximum absolute atomic E-state index is 5.70. The van der Waals surface area contributed by atoms with Crippen molar-refractivity contribution in [3.05, 3.63) is 29.8 Å². The zero-order valence-corrected chi connectivity index (χ0v) is 9.16. The average molecular weight is 208 g/mol. The minimum Gasteiger partial charge on any atom is -0.488 e. The van der Waals surface area contributed by atoms with Gasteiger partial charge in [-0.15, -0.1) is 0 Å². The second kappa shape index (κ2) is 4.21. The van der Waals surface area contributed by atoms with Gasteiger partial charge in [0, 0.05) is 20.6 Å². The van der Waals surface area contributed by atoms with Crippen LogP contribution in [-0.4, -0.2) is 26.6 Å². The van der Waals surface area contributed by atoms with Gasteiger partial charge in [-0.1, -0.05) is 18.2 Å². The normalized spacial score (nSPS) is 18.8. The van der Waals surface area contributed by atoms with Crippen molar-refractivity contribution in [3.8, 4) is 5.75 Å². The van der Waals surface area contributed by atoms with Gasteiger partial charge in [-0.05, 0) is 18.1 Å². The molecule has 0 amide bonds. The fourth-order valence-corrected chi connectivity index (χ4v) is 1.84. The number of methoxy groups -OCH3 is 2. The summed E-state index contributed by atoms with van der Waals surface area (Å²) in [5.74, 6) is 0.340. The van der Waals surface area contributed by atoms with E-state index in [1.165, 1.54) is 5.56 Å². The molecule has 0 spiro atoms. The number of aryl methyl sites for hydroxylation is 1. The van der Waals surface area contributed by atoms with Crippen LogP contribution in [0.1, 0.15) is 12.0 Å². The molecule has 3 heteroatoms. The highest BCUT2D eigenvalue weighted by Crippen LogP contribution is 2.29. The van der Waals surface area contributed by atoms with Crippen LogP contribution in [0.15, 0.2) is 24.3 Å². The van der Waals surface area contributed by atoms with Crippen LogP contribution in [0, 0.1) is 0 Å². The molecule has 0 aliphatic carbocycles. The fraction of sp³-hybridized carbons (Fsp3) is 0.500. The molecule has 0 fully saturated rings. The predicted molar refractivity (Wildman–Crippen MR) is 57.0 cm³/mol. The molecular weight excluding hydrogens is 192 g/mol. The fourth-order valence-electron chi connectivity index (χ4n) is 1.84. The highest BCUT2D eigenvalue weighted by Gasteiger charge is 2.33. The van der Waals surface area contributed by atoms with Gasteiger partial charge in [-0.3, -0.25) is 0 Å². The molecule has 0 radical (unpaired) electrons. The lowest BCUT2D eigenvalue weighted by Crippen LogP contribution is -2.39. The van der Waals surface area contributed by atoms with Crippen LogP contribution >= 0.6 is 0 Å². The van der Waals surface area contributed by atoms with Gasteiger partial charge in [-0.2, -0.15) is 0 Å². The minimum atomic E-state index is -0.598. The highest BCUT2D eigenvalue weighted by molar-refractivity contribution is 5.34. The van der Waals surface area contributed by atoms with E-state index in [9.17, 15) is 0 Å². The molecule has 1 aromatic rings. The first kappa shape index (κ1) is 10.5. The van der Waals surface area contributed by atoms with Gasteiger partial charge in [0.25, 0.3) is 0 Å². The van der Waals surface area contributed by atoms with Crippen molar-refractivity contribution in [2.24, 2.45) is 0 Å². The molecule has 0 saturated carbocycles. The molecule has 3 nitrogen and oxygen atoms in total. The number of ether oxygens (including phenoxy) is 3. The van der Waals surface area contributed by atoms with Gasteiger partial charge < -0.3 is 14.2 Å². The summed E-state index contributed by atoms with van der Waals surface area (Å²) in [5.41, 5.74) is 1.22. The van der Waals surface area contributed by atoms with Gasteiger partial charge in [0.1, 0.15) is 12.4 Å². The maximum Gasteiger partial charge on any atom is 0.202 e. The third-order valence-electron chi connectivity index (χ3n) is 2.94. The molecule has 0 N–H and O–H groups in total. The molecular formula is C12H16O3. The number of hydrogen-bond acceptors (Lipinski definition) is 3. The Labute approximate surface area is 90.0 Å². The van der Waals surface area contributed by atoms with Crippen LogP contribution in [0.25, 0.3) is 0 Å². The first-order valence-electron chi connectivity index (χ1n) is 5.11. The second-order valence-corrected chi connectivity index (χ2v) is 3.72. The lowest BCUT2D eigenvalue weighted by Gasteiger charge is -2.28. The summed E-state index contributed by atoms with van der Waals surface area (Å²) >= 11 is 0. The van der Waals surface area contributed by atoms with Crippen LogP contribution < -0.4 is 4.74 Å². The molecule has 1 aromatic carbocycles. The predicted octanol–water partition coefficient (Wildman–Crippen LogP) is 2.00. The number of rotatable bonds is 2. The first-order valence-corrected chi connectivity index (χ1v) is 5.11. The van der Waals surface area contributed by atoms with Crippen molar-refractivity contribution < 1.29 is 14.2 Å². The third kappa shape index (κ3) is 1.98. The molecule has 1 aliphatic rings. The Morgan fingerprint density at radius 2 is 1.93 bits per heavy atom. The van der Waals surface area contributed by atoms with Gasteiger partial charge in [-0.25, -0.2) is 0 Å². The number of benzene rings is 1. The third-order valence-corrected chi connectivity index (χ3v) is 2.94. The Kier molecular flexibility index (Phi) is 2.93. The first-order chi connectivity index (χ1) is 7.29. The number of fused-ring (bicyclic) bond motifs is 1. The highest BCUT2D eigenvalue weighted by atomic mass is 16.7. The monoisotopic (exact) mass is 208 g/mol. The molecule has 82 valence electrons. The van der Waals surface area contributed by atoms with Crippen LogP contribution in [-0.2, 0) is 15.9 Å². The lowest BCUT2D eigenvalue weighted by molar-refractivity contribution is -0.223. The minimum absolute atomic E-state index is 0.441. The number of hydrogen-bond donors (Lipinski definition) is 0. The van der Waals surface area contributed by atoms with Gasteiger partial charge in [0.05, 0.1) is 0 Å². The molecule has 1 heterocycles. The van der Waals surface area contributed by atoms with Gasteiger partial charge >= 0.3 is 0 Å². The molecule has 0 saturated heterocycles. The summed E-state index contributed by atoms with van der Waals surface area (Å²) in [7, 11) is 3.31. The van der Waals surface area contributed by atoms with Crippen molar-refractivity contribution in [2.75, 3.05) is 20.8 Å². The van der Waals surface area contributed by atoms with E-state index in [1.54, 1.807) is 14.2 Å². The zero-order valence-electron chi connectivity index (χ0n) is 9.16. The Balaban J connectivity index is 2.21. The quantitative estimate of drug-likeness (QED) is 0.696. The summed E-state index contributed by atoms with van der Waals surface area (Å²) in [6.45, 7) is 0.441. The molecule has 0 aromatic heterocycles. The van der Waals surface area contributed by atoms with E-state index in [2.05, 4.69) is 6.07 Å². The number of para-hydroxylation sites is 1. The van der Waals surface area contributed by atoms with Crippen LogP contribution in [0.3, 0.4) is 0 Å². The lowest BCUT2D eigenvalue weighted by atomic mass is 10.1. The summed E-state index contributed by atoms with van der Waals surface area (Å²) < 4.78 is 16.5. The van der Waals surface area contributed by atoms with E-state index < -0.39 is 5.79 Å². The second-order valence-electron chi connectivity index (χ2n) is 3.72. The average Bonchev–Trinajstić information content (AvgIpc) is 2.49. The molecule has 2 rings (SSSR count). The maximum atomic E-state index is 5.70. The van der Waals surface area contributed by atoms with E-state index in [4.69, 9.17) is 14.2 Å². The smallest absolute Gasteiger partial charge is 0.202 e. The summed E-state index contributed by atoms with van der Waals surface area (Å²) in [6, 6.07) is 8.06.